The number of alkyl halides is 6. The number of nitrogens with zero attached hydrogens (tertiary/aromatic N) is 3. The Balaban J connectivity index is 1.57. The number of benzene rings is 1. The van der Waals surface area contributed by atoms with Crippen molar-refractivity contribution in [2.75, 3.05) is 48.8 Å². The summed E-state index contributed by atoms with van der Waals surface area (Å²) in [5.74, 6) is 0.245. The van der Waals surface area contributed by atoms with Gasteiger partial charge >= 0.3 is 12.4 Å². The molecule has 1 aromatic carbocycles. The molecule has 0 amide bonds. The molecule has 0 unspecified atom stereocenters. The van der Waals surface area contributed by atoms with E-state index in [9.17, 15) is 26.3 Å². The van der Waals surface area contributed by atoms with Crippen molar-refractivity contribution in [3.63, 3.8) is 0 Å². The van der Waals surface area contributed by atoms with E-state index in [0.717, 1.165) is 30.5 Å². The van der Waals surface area contributed by atoms with E-state index in [1.807, 2.05) is 4.90 Å². The number of piperazine rings is 1. The van der Waals surface area contributed by atoms with Gasteiger partial charge < -0.3 is 16.0 Å². The van der Waals surface area contributed by atoms with Gasteiger partial charge in [0, 0.05) is 32.4 Å². The first-order valence-corrected chi connectivity index (χ1v) is 8.75. The van der Waals surface area contributed by atoms with E-state index in [4.69, 9.17) is 5.73 Å². The van der Waals surface area contributed by atoms with Crippen molar-refractivity contribution in [3.05, 3.63) is 47.7 Å². The quantitative estimate of drug-likeness (QED) is 0.582. The highest BCUT2D eigenvalue weighted by molar-refractivity contribution is 5.67. The van der Waals surface area contributed by atoms with Crippen molar-refractivity contribution in [2.24, 2.45) is 0 Å². The molecule has 2 aromatic rings. The number of anilines is 3. The summed E-state index contributed by atoms with van der Waals surface area (Å²) >= 11 is 0. The monoisotopic (exact) mass is 419 g/mol. The summed E-state index contributed by atoms with van der Waals surface area (Å²) in [5.41, 5.74) is 4.57. The fourth-order valence-corrected chi connectivity index (χ4v) is 2.99. The Kier molecular flexibility index (Phi) is 5.78. The molecular weight excluding hydrogens is 400 g/mol. The Morgan fingerprint density at radius 2 is 1.52 bits per heavy atom. The normalized spacial score (nSPS) is 16.1. The van der Waals surface area contributed by atoms with E-state index in [2.05, 4.69) is 10.3 Å². The zero-order valence-corrected chi connectivity index (χ0v) is 15.2. The van der Waals surface area contributed by atoms with Crippen LogP contribution < -0.4 is 16.0 Å². The standard InChI is InChI=1S/C18H19F6N5/c19-17(20,21)12-1-2-14(25)15(9-12)27-11-28-5-7-29(8-6-28)16-10-13(3-4-26-16)18(22,23)24/h1-4,9-10,27H,5-8,11,25H2. The Hall–Kier alpha value is -2.69. The third-order valence-corrected chi connectivity index (χ3v) is 4.64. The maximum atomic E-state index is 12.9. The third kappa shape index (κ3) is 5.22. The van der Waals surface area contributed by atoms with Crippen LogP contribution in [0.4, 0.5) is 43.5 Å². The fourth-order valence-electron chi connectivity index (χ4n) is 2.99. The van der Waals surface area contributed by atoms with Crippen LogP contribution in [0.25, 0.3) is 0 Å². The average molecular weight is 419 g/mol. The van der Waals surface area contributed by atoms with Crippen LogP contribution in [-0.4, -0.2) is 42.7 Å². The Morgan fingerprint density at radius 1 is 0.897 bits per heavy atom. The van der Waals surface area contributed by atoms with Crippen molar-refractivity contribution in [3.8, 4) is 0 Å². The highest BCUT2D eigenvalue weighted by Crippen LogP contribution is 2.33. The van der Waals surface area contributed by atoms with Crippen LogP contribution in [0.2, 0.25) is 0 Å². The number of hydrogen-bond donors (Lipinski definition) is 2. The number of halogens is 6. The second-order valence-corrected chi connectivity index (χ2v) is 6.64. The summed E-state index contributed by atoms with van der Waals surface area (Å²) in [6.45, 7) is 2.14. The summed E-state index contributed by atoms with van der Waals surface area (Å²) in [6.07, 6.45) is -7.77. The van der Waals surface area contributed by atoms with E-state index in [1.165, 1.54) is 6.07 Å². The molecule has 11 heteroatoms. The predicted molar refractivity (Wildman–Crippen MR) is 97.4 cm³/mol. The predicted octanol–water partition coefficient (Wildman–Crippen LogP) is 3.89. The first-order valence-electron chi connectivity index (χ1n) is 8.75. The van der Waals surface area contributed by atoms with Crippen molar-refractivity contribution in [1.29, 1.82) is 0 Å². The van der Waals surface area contributed by atoms with Gasteiger partial charge in [-0.05, 0) is 30.3 Å². The van der Waals surface area contributed by atoms with Gasteiger partial charge in [0.05, 0.1) is 29.2 Å². The van der Waals surface area contributed by atoms with E-state index < -0.39 is 23.5 Å². The van der Waals surface area contributed by atoms with Crippen LogP contribution in [0.15, 0.2) is 36.5 Å². The van der Waals surface area contributed by atoms with Gasteiger partial charge in [-0.25, -0.2) is 4.98 Å². The fraction of sp³-hybridized carbons (Fsp3) is 0.389. The van der Waals surface area contributed by atoms with Gasteiger partial charge in [0.15, 0.2) is 0 Å². The SMILES string of the molecule is Nc1ccc(C(F)(F)F)cc1NCN1CCN(c2cc(C(F)(F)F)ccn2)CC1. The number of rotatable bonds is 4. The molecule has 0 saturated carbocycles. The molecule has 5 nitrogen and oxygen atoms in total. The van der Waals surface area contributed by atoms with Crippen LogP contribution in [0.3, 0.4) is 0 Å². The van der Waals surface area contributed by atoms with Gasteiger partial charge in [0.1, 0.15) is 5.82 Å². The molecule has 3 rings (SSSR count). The smallest absolute Gasteiger partial charge is 0.397 e. The van der Waals surface area contributed by atoms with E-state index >= 15 is 0 Å². The molecule has 0 spiro atoms. The number of nitrogen functional groups attached to an aromatic ring is 1. The van der Waals surface area contributed by atoms with Crippen molar-refractivity contribution in [2.45, 2.75) is 12.4 Å². The lowest BCUT2D eigenvalue weighted by Crippen LogP contribution is -2.48. The molecule has 0 atom stereocenters. The van der Waals surface area contributed by atoms with Gasteiger partial charge in [-0.1, -0.05) is 0 Å². The van der Waals surface area contributed by atoms with Gasteiger partial charge in [-0.3, -0.25) is 4.90 Å². The van der Waals surface area contributed by atoms with Gasteiger partial charge in [-0.15, -0.1) is 0 Å². The summed E-state index contributed by atoms with van der Waals surface area (Å²) in [4.78, 5) is 7.68. The highest BCUT2D eigenvalue weighted by atomic mass is 19.4. The van der Waals surface area contributed by atoms with Gasteiger partial charge in [0.25, 0.3) is 0 Å². The molecule has 1 aromatic heterocycles. The molecule has 3 N–H and O–H groups in total. The van der Waals surface area contributed by atoms with Crippen LogP contribution in [0.1, 0.15) is 11.1 Å². The van der Waals surface area contributed by atoms with Crippen LogP contribution in [0, 0.1) is 0 Å². The van der Waals surface area contributed by atoms with Crippen LogP contribution in [0.5, 0.6) is 0 Å². The molecule has 1 aliphatic heterocycles. The summed E-state index contributed by atoms with van der Waals surface area (Å²) < 4.78 is 77.1. The van der Waals surface area contributed by atoms with Crippen molar-refractivity contribution < 1.29 is 26.3 Å². The first-order chi connectivity index (χ1) is 13.5. The zero-order chi connectivity index (χ0) is 21.2. The van der Waals surface area contributed by atoms with Gasteiger partial charge in [-0.2, -0.15) is 26.3 Å². The zero-order valence-electron chi connectivity index (χ0n) is 15.2. The topological polar surface area (TPSA) is 57.4 Å². The third-order valence-electron chi connectivity index (χ3n) is 4.64. The Morgan fingerprint density at radius 3 is 2.14 bits per heavy atom. The maximum Gasteiger partial charge on any atom is 0.416 e. The van der Waals surface area contributed by atoms with Crippen LogP contribution >= 0.6 is 0 Å². The minimum absolute atomic E-state index is 0.182. The number of nitrogens with one attached hydrogen (secondary N) is 1. The minimum atomic E-state index is -4.46. The van der Waals surface area contributed by atoms with E-state index in [0.29, 0.717) is 26.2 Å². The Bertz CT molecular complexity index is 843. The van der Waals surface area contributed by atoms with E-state index in [1.54, 1.807) is 4.90 Å². The molecule has 2 heterocycles. The largest absolute Gasteiger partial charge is 0.416 e. The molecule has 0 radical (unpaired) electrons. The average Bonchev–Trinajstić information content (AvgIpc) is 2.66. The number of aromatic nitrogens is 1. The lowest BCUT2D eigenvalue weighted by molar-refractivity contribution is -0.138. The first kappa shape index (κ1) is 21.0. The van der Waals surface area contributed by atoms with Crippen LogP contribution in [-0.2, 0) is 12.4 Å². The molecule has 0 bridgehead atoms. The lowest BCUT2D eigenvalue weighted by Gasteiger charge is -2.35. The molecule has 1 aliphatic rings. The lowest BCUT2D eigenvalue weighted by atomic mass is 10.1. The second kappa shape index (κ2) is 7.97. The van der Waals surface area contributed by atoms with Crippen molar-refractivity contribution in [1.82, 2.24) is 9.88 Å². The second-order valence-electron chi connectivity index (χ2n) is 6.64. The number of nitrogens with two attached hydrogens (primary N) is 1. The molecule has 158 valence electrons. The molecule has 1 saturated heterocycles. The molecule has 1 fully saturated rings. The minimum Gasteiger partial charge on any atom is -0.397 e. The number of pyridine rings is 1. The molecule has 29 heavy (non-hydrogen) atoms. The number of hydrogen-bond acceptors (Lipinski definition) is 5. The van der Waals surface area contributed by atoms with Gasteiger partial charge in [0.2, 0.25) is 0 Å². The molecule has 0 aliphatic carbocycles. The van der Waals surface area contributed by atoms with E-state index in [-0.39, 0.29) is 23.9 Å². The summed E-state index contributed by atoms with van der Waals surface area (Å²) in [5, 5.41) is 2.90. The highest BCUT2D eigenvalue weighted by Gasteiger charge is 2.32. The van der Waals surface area contributed by atoms with Crippen molar-refractivity contribution >= 4 is 17.2 Å². The summed E-state index contributed by atoms with van der Waals surface area (Å²) in [7, 11) is 0. The molecular formula is C18H19F6N5. The maximum absolute atomic E-state index is 12.9. The Labute approximate surface area is 163 Å². The summed E-state index contributed by atoms with van der Waals surface area (Å²) in [6, 6.07) is 5.00.